The standard InChI is InChI=1S/C11H14FNS/c1-9(8-14)7-13(2)11-6-4-3-5-10(11)12/h3-6,14H,1,7-8H2,2H3. The Bertz CT molecular complexity index is 325. The third kappa shape index (κ3) is 2.77. The molecule has 0 amide bonds. The molecule has 0 bridgehead atoms. The van der Waals surface area contributed by atoms with E-state index in [0.717, 1.165) is 5.57 Å². The number of benzene rings is 1. The zero-order valence-electron chi connectivity index (χ0n) is 8.20. The molecule has 0 saturated heterocycles. The normalized spacial score (nSPS) is 9.93. The van der Waals surface area contributed by atoms with Gasteiger partial charge >= 0.3 is 0 Å². The Labute approximate surface area is 89.6 Å². The highest BCUT2D eigenvalue weighted by Gasteiger charge is 2.06. The summed E-state index contributed by atoms with van der Waals surface area (Å²) < 4.78 is 13.3. The van der Waals surface area contributed by atoms with Crippen LogP contribution in [0, 0.1) is 5.82 Å². The van der Waals surface area contributed by atoms with Crippen molar-refractivity contribution in [3.8, 4) is 0 Å². The maximum atomic E-state index is 13.3. The summed E-state index contributed by atoms with van der Waals surface area (Å²) >= 11 is 4.11. The van der Waals surface area contributed by atoms with Gasteiger partial charge in [0.1, 0.15) is 5.82 Å². The fourth-order valence-corrected chi connectivity index (χ4v) is 1.33. The first kappa shape index (κ1) is 11.1. The van der Waals surface area contributed by atoms with Gasteiger partial charge in [0.05, 0.1) is 5.69 Å². The Morgan fingerprint density at radius 1 is 1.50 bits per heavy atom. The van der Waals surface area contributed by atoms with Crippen molar-refractivity contribution in [2.75, 3.05) is 24.2 Å². The highest BCUT2D eigenvalue weighted by Crippen LogP contribution is 2.17. The van der Waals surface area contributed by atoms with E-state index >= 15 is 0 Å². The van der Waals surface area contributed by atoms with Crippen molar-refractivity contribution < 1.29 is 4.39 Å². The largest absolute Gasteiger partial charge is 0.368 e. The summed E-state index contributed by atoms with van der Waals surface area (Å²) in [6.07, 6.45) is 0. The Morgan fingerprint density at radius 2 is 2.14 bits per heavy atom. The van der Waals surface area contributed by atoms with E-state index < -0.39 is 0 Å². The van der Waals surface area contributed by atoms with Crippen molar-refractivity contribution in [1.29, 1.82) is 0 Å². The number of nitrogens with zero attached hydrogens (tertiary/aromatic N) is 1. The highest BCUT2D eigenvalue weighted by atomic mass is 32.1. The van der Waals surface area contributed by atoms with Crippen LogP contribution in [0.3, 0.4) is 0 Å². The van der Waals surface area contributed by atoms with Gasteiger partial charge in [-0.1, -0.05) is 18.7 Å². The van der Waals surface area contributed by atoms with E-state index in [2.05, 4.69) is 19.2 Å². The van der Waals surface area contributed by atoms with Crippen LogP contribution in [0.1, 0.15) is 0 Å². The average molecular weight is 211 g/mol. The molecule has 0 fully saturated rings. The fraction of sp³-hybridized carbons (Fsp3) is 0.273. The lowest BCUT2D eigenvalue weighted by molar-refractivity contribution is 0.624. The van der Waals surface area contributed by atoms with E-state index in [-0.39, 0.29) is 5.82 Å². The molecule has 0 atom stereocenters. The lowest BCUT2D eigenvalue weighted by Gasteiger charge is -2.20. The topological polar surface area (TPSA) is 3.24 Å². The van der Waals surface area contributed by atoms with E-state index in [1.165, 1.54) is 6.07 Å². The van der Waals surface area contributed by atoms with Crippen molar-refractivity contribution in [3.63, 3.8) is 0 Å². The summed E-state index contributed by atoms with van der Waals surface area (Å²) in [5.74, 6) is 0.417. The molecule has 14 heavy (non-hydrogen) atoms. The van der Waals surface area contributed by atoms with Gasteiger partial charge in [-0.3, -0.25) is 0 Å². The zero-order chi connectivity index (χ0) is 10.6. The number of anilines is 1. The van der Waals surface area contributed by atoms with E-state index in [4.69, 9.17) is 0 Å². The van der Waals surface area contributed by atoms with Crippen LogP contribution < -0.4 is 4.90 Å². The van der Waals surface area contributed by atoms with Gasteiger partial charge in [0, 0.05) is 19.3 Å². The van der Waals surface area contributed by atoms with Gasteiger partial charge in [0.25, 0.3) is 0 Å². The van der Waals surface area contributed by atoms with Gasteiger partial charge in [0.2, 0.25) is 0 Å². The van der Waals surface area contributed by atoms with Gasteiger partial charge in [-0.15, -0.1) is 0 Å². The maximum Gasteiger partial charge on any atom is 0.146 e. The second-order valence-electron chi connectivity index (χ2n) is 3.22. The zero-order valence-corrected chi connectivity index (χ0v) is 9.10. The predicted molar refractivity (Wildman–Crippen MR) is 62.7 cm³/mol. The van der Waals surface area contributed by atoms with Crippen molar-refractivity contribution in [1.82, 2.24) is 0 Å². The number of thiol groups is 1. The minimum Gasteiger partial charge on any atom is -0.368 e. The summed E-state index contributed by atoms with van der Waals surface area (Å²) in [7, 11) is 1.84. The second kappa shape index (κ2) is 5.05. The van der Waals surface area contributed by atoms with Crippen LogP contribution in [-0.4, -0.2) is 19.3 Å². The lowest BCUT2D eigenvalue weighted by Crippen LogP contribution is -2.21. The maximum absolute atomic E-state index is 13.3. The van der Waals surface area contributed by atoms with Gasteiger partial charge < -0.3 is 4.90 Å². The van der Waals surface area contributed by atoms with Crippen LogP contribution in [0.4, 0.5) is 10.1 Å². The molecule has 1 rings (SSSR count). The van der Waals surface area contributed by atoms with E-state index in [1.807, 2.05) is 18.0 Å². The molecule has 0 aliphatic rings. The molecular weight excluding hydrogens is 197 g/mol. The monoisotopic (exact) mass is 211 g/mol. The Kier molecular flexibility index (Phi) is 4.01. The minimum absolute atomic E-state index is 0.207. The molecule has 0 unspecified atom stereocenters. The molecule has 1 aromatic carbocycles. The van der Waals surface area contributed by atoms with E-state index in [1.54, 1.807) is 12.1 Å². The average Bonchev–Trinajstić information content (AvgIpc) is 2.18. The molecule has 0 aliphatic heterocycles. The quantitative estimate of drug-likeness (QED) is 0.592. The number of halogens is 1. The Balaban J connectivity index is 2.74. The molecule has 0 aromatic heterocycles. The van der Waals surface area contributed by atoms with Crippen molar-refractivity contribution in [2.24, 2.45) is 0 Å². The van der Waals surface area contributed by atoms with Gasteiger partial charge in [-0.2, -0.15) is 12.6 Å². The van der Waals surface area contributed by atoms with E-state index in [9.17, 15) is 4.39 Å². The molecule has 0 aliphatic carbocycles. The summed E-state index contributed by atoms with van der Waals surface area (Å²) in [5, 5.41) is 0. The van der Waals surface area contributed by atoms with Crippen LogP contribution in [0.25, 0.3) is 0 Å². The van der Waals surface area contributed by atoms with Crippen LogP contribution >= 0.6 is 12.6 Å². The molecule has 0 heterocycles. The SMILES string of the molecule is C=C(CS)CN(C)c1ccccc1F. The molecule has 1 aromatic rings. The molecule has 0 N–H and O–H groups in total. The molecule has 0 spiro atoms. The third-order valence-electron chi connectivity index (χ3n) is 1.95. The van der Waals surface area contributed by atoms with Gasteiger partial charge in [0.15, 0.2) is 0 Å². The second-order valence-corrected chi connectivity index (χ2v) is 3.53. The summed E-state index contributed by atoms with van der Waals surface area (Å²) in [5.41, 5.74) is 1.56. The summed E-state index contributed by atoms with van der Waals surface area (Å²) in [6, 6.07) is 6.70. The van der Waals surface area contributed by atoms with Gasteiger partial charge in [-0.25, -0.2) is 4.39 Å². The smallest absolute Gasteiger partial charge is 0.146 e. The number of para-hydroxylation sites is 1. The van der Waals surface area contributed by atoms with Crippen molar-refractivity contribution >= 4 is 18.3 Å². The molecular formula is C11H14FNS. The lowest BCUT2D eigenvalue weighted by atomic mass is 10.2. The Hall–Kier alpha value is -0.960. The number of likely N-dealkylation sites (N-methyl/N-ethyl adjacent to an activating group) is 1. The Morgan fingerprint density at radius 3 is 2.71 bits per heavy atom. The van der Waals surface area contributed by atoms with Crippen molar-refractivity contribution in [3.05, 3.63) is 42.2 Å². The molecule has 1 nitrogen and oxygen atoms in total. The molecule has 76 valence electrons. The summed E-state index contributed by atoms with van der Waals surface area (Å²) in [6.45, 7) is 4.46. The highest BCUT2D eigenvalue weighted by molar-refractivity contribution is 7.80. The van der Waals surface area contributed by atoms with Crippen LogP contribution in [-0.2, 0) is 0 Å². The van der Waals surface area contributed by atoms with Gasteiger partial charge in [-0.05, 0) is 17.7 Å². The number of rotatable bonds is 4. The third-order valence-corrected chi connectivity index (χ3v) is 2.40. The molecule has 0 radical (unpaired) electrons. The number of hydrogen-bond acceptors (Lipinski definition) is 2. The minimum atomic E-state index is -0.207. The summed E-state index contributed by atoms with van der Waals surface area (Å²) in [4.78, 5) is 1.83. The van der Waals surface area contributed by atoms with Crippen LogP contribution in [0.5, 0.6) is 0 Å². The molecule has 3 heteroatoms. The van der Waals surface area contributed by atoms with Crippen LogP contribution in [0.2, 0.25) is 0 Å². The first-order valence-electron chi connectivity index (χ1n) is 4.38. The van der Waals surface area contributed by atoms with Crippen LogP contribution in [0.15, 0.2) is 36.4 Å². The first-order valence-corrected chi connectivity index (χ1v) is 5.01. The van der Waals surface area contributed by atoms with E-state index in [0.29, 0.717) is 18.0 Å². The number of hydrogen-bond donors (Lipinski definition) is 1. The van der Waals surface area contributed by atoms with Crippen molar-refractivity contribution in [2.45, 2.75) is 0 Å². The molecule has 0 saturated carbocycles. The predicted octanol–water partition coefficient (Wildman–Crippen LogP) is 2.75. The fourth-order valence-electron chi connectivity index (χ4n) is 1.23. The first-order chi connectivity index (χ1) is 6.65.